The highest BCUT2D eigenvalue weighted by Gasteiger charge is 2.70. The first-order valence-corrected chi connectivity index (χ1v) is 16.3. The first-order chi connectivity index (χ1) is 19.6. The van der Waals surface area contributed by atoms with E-state index in [2.05, 4.69) is 46.0 Å². The van der Waals surface area contributed by atoms with E-state index in [4.69, 9.17) is 0 Å². The highest BCUT2D eigenvalue weighted by Crippen LogP contribution is 2.75. The fraction of sp³-hybridized carbons (Fsp3) is 0.750. The number of allylic oxidation sites excluding steroid dienone is 2. The van der Waals surface area contributed by atoms with Crippen molar-refractivity contribution in [1.29, 1.82) is 0 Å². The Bertz CT molecular complexity index is 1280. The minimum absolute atomic E-state index is 0.0259. The number of anilines is 1. The second kappa shape index (κ2) is 9.62. The van der Waals surface area contributed by atoms with Crippen molar-refractivity contribution in [1.82, 2.24) is 0 Å². The zero-order valence-corrected chi connectivity index (χ0v) is 26.5. The summed E-state index contributed by atoms with van der Waals surface area (Å²) in [6, 6.07) is 6.10. The lowest BCUT2D eigenvalue weighted by Gasteiger charge is -2.71. The first kappa shape index (κ1) is 30.3. The molecule has 0 radical (unpaired) electrons. The normalized spacial score (nSPS) is 47.7. The molecule has 1 amide bonds. The molecule has 5 aliphatic carbocycles. The van der Waals surface area contributed by atoms with Crippen molar-refractivity contribution in [2.45, 2.75) is 112 Å². The average molecular weight is 582 g/mol. The lowest BCUT2D eigenvalue weighted by atomic mass is 9.33. The van der Waals surface area contributed by atoms with Gasteiger partial charge in [-0.1, -0.05) is 53.2 Å². The number of rotatable bonds is 3. The fourth-order valence-electron chi connectivity index (χ4n) is 11.6. The minimum Gasteiger partial charge on any atom is -0.396 e. The number of aliphatic hydroxyl groups is 3. The summed E-state index contributed by atoms with van der Waals surface area (Å²) < 4.78 is 13.6. The smallest absolute Gasteiger partial charge is 0.231 e. The molecule has 0 aliphatic heterocycles. The molecule has 4 fully saturated rings. The fourth-order valence-corrected chi connectivity index (χ4v) is 11.6. The van der Waals surface area contributed by atoms with Gasteiger partial charge in [0.25, 0.3) is 0 Å². The summed E-state index contributed by atoms with van der Waals surface area (Å²) in [5, 5.41) is 35.9. The molecule has 6 heteroatoms. The maximum atomic E-state index is 14.3. The summed E-state index contributed by atoms with van der Waals surface area (Å²) in [5.74, 6) is 0.342. The monoisotopic (exact) mass is 581 g/mol. The van der Waals surface area contributed by atoms with Crippen LogP contribution in [0.5, 0.6) is 0 Å². The molecule has 0 heterocycles. The third-order valence-corrected chi connectivity index (χ3v) is 14.3. The Morgan fingerprint density at radius 3 is 2.26 bits per heavy atom. The molecule has 0 saturated heterocycles. The zero-order chi connectivity index (χ0) is 30.5. The average Bonchev–Trinajstić information content (AvgIpc) is 2.93. The van der Waals surface area contributed by atoms with Crippen molar-refractivity contribution in [2.75, 3.05) is 11.9 Å². The molecule has 6 rings (SSSR count). The summed E-state index contributed by atoms with van der Waals surface area (Å²) in [5.41, 5.74) is 0.699. The molecular formula is C36H52FNO4. The van der Waals surface area contributed by atoms with Gasteiger partial charge in [0.1, 0.15) is 5.82 Å². The van der Waals surface area contributed by atoms with E-state index in [1.54, 1.807) is 12.1 Å². The van der Waals surface area contributed by atoms with Crippen molar-refractivity contribution in [3.05, 3.63) is 41.7 Å². The van der Waals surface area contributed by atoms with Crippen molar-refractivity contribution >= 4 is 11.6 Å². The van der Waals surface area contributed by atoms with Gasteiger partial charge in [-0.2, -0.15) is 0 Å². The van der Waals surface area contributed by atoms with Crippen molar-refractivity contribution in [3.63, 3.8) is 0 Å². The van der Waals surface area contributed by atoms with Gasteiger partial charge in [0.2, 0.25) is 5.91 Å². The van der Waals surface area contributed by atoms with Gasteiger partial charge in [-0.15, -0.1) is 0 Å². The first-order valence-electron chi connectivity index (χ1n) is 16.3. The van der Waals surface area contributed by atoms with Crippen LogP contribution in [0, 0.1) is 56.1 Å². The molecule has 0 spiro atoms. The summed E-state index contributed by atoms with van der Waals surface area (Å²) in [4.78, 5) is 14.3. The molecule has 4 saturated carbocycles. The van der Waals surface area contributed by atoms with E-state index < -0.39 is 23.0 Å². The van der Waals surface area contributed by atoms with Crippen molar-refractivity contribution < 1.29 is 24.5 Å². The van der Waals surface area contributed by atoms with Gasteiger partial charge in [0.15, 0.2) is 0 Å². The van der Waals surface area contributed by atoms with Crippen LogP contribution < -0.4 is 5.32 Å². The number of hydrogen-bond donors (Lipinski definition) is 4. The lowest BCUT2D eigenvalue weighted by Crippen LogP contribution is -2.68. The Kier molecular flexibility index (Phi) is 6.93. The third kappa shape index (κ3) is 3.99. The van der Waals surface area contributed by atoms with Gasteiger partial charge in [0, 0.05) is 11.1 Å². The van der Waals surface area contributed by atoms with Crippen LogP contribution in [0.3, 0.4) is 0 Å². The molecule has 0 bridgehead atoms. The summed E-state index contributed by atoms with van der Waals surface area (Å²) in [6.45, 7) is 13.8. The predicted octanol–water partition coefficient (Wildman–Crippen LogP) is 6.87. The molecule has 1 aromatic carbocycles. The SMILES string of the molecule is CC1(C)CC[C@]2(C(=O)Nc3ccc(F)cc3)CC[C@]3(C)C(=CCC4[C@@]5(C)C[C@@H](O)[C@H](O)[C@@](C)(CO)C5CC[C@]43C)C2C1. The Morgan fingerprint density at radius 2 is 1.60 bits per heavy atom. The Balaban J connectivity index is 1.40. The molecule has 3 unspecified atom stereocenters. The number of aliphatic hydroxyl groups excluding tert-OH is 3. The molecule has 4 N–H and O–H groups in total. The molecular weight excluding hydrogens is 529 g/mol. The number of halogens is 1. The van der Waals surface area contributed by atoms with E-state index in [9.17, 15) is 24.5 Å². The number of benzene rings is 1. The van der Waals surface area contributed by atoms with Crippen molar-refractivity contribution in [2.24, 2.45) is 50.2 Å². The van der Waals surface area contributed by atoms with E-state index >= 15 is 0 Å². The number of nitrogens with one attached hydrogen (secondary N) is 1. The van der Waals surface area contributed by atoms with Crippen molar-refractivity contribution in [3.8, 4) is 0 Å². The van der Waals surface area contributed by atoms with Crippen LogP contribution in [0.15, 0.2) is 35.9 Å². The van der Waals surface area contributed by atoms with Crippen LogP contribution in [-0.4, -0.2) is 40.0 Å². The van der Waals surface area contributed by atoms with E-state index in [1.807, 2.05) is 6.92 Å². The summed E-state index contributed by atoms with van der Waals surface area (Å²) in [6.07, 6.45) is 8.67. The van der Waals surface area contributed by atoms with E-state index in [0.29, 0.717) is 18.0 Å². The highest BCUT2D eigenvalue weighted by atomic mass is 19.1. The maximum absolute atomic E-state index is 14.3. The standard InChI is InChI=1S/C36H52FNO4/c1-31(2)15-17-36(30(42)38-23-9-7-22(37)8-10-23)18-16-34(5)24(25(36)19-31)11-12-28-32(3)20-26(40)29(41)33(4,21-39)27(32)13-14-35(28,34)6/h7-11,25-29,39-41H,12-21H2,1-6H3,(H,38,42)/t25?,26-,27?,28?,29+,32+,33+,34-,35-,36+/m1/s1. The number of fused-ring (bicyclic) bond motifs is 7. The van der Waals surface area contributed by atoms with Crippen LogP contribution in [-0.2, 0) is 4.79 Å². The zero-order valence-electron chi connectivity index (χ0n) is 26.5. The molecule has 10 atom stereocenters. The van der Waals surface area contributed by atoms with Crippen LogP contribution in [0.4, 0.5) is 10.1 Å². The van der Waals surface area contributed by atoms with Gasteiger partial charge in [0.05, 0.1) is 24.2 Å². The number of amides is 1. The van der Waals surface area contributed by atoms with Crippen LogP contribution >= 0.6 is 0 Å². The summed E-state index contributed by atoms with van der Waals surface area (Å²) in [7, 11) is 0. The minimum atomic E-state index is -0.922. The second-order valence-electron chi connectivity index (χ2n) is 16.7. The van der Waals surface area contributed by atoms with Gasteiger partial charge < -0.3 is 20.6 Å². The molecule has 232 valence electrons. The van der Waals surface area contributed by atoms with Gasteiger partial charge >= 0.3 is 0 Å². The number of carbonyl (C=O) groups is 1. The Hall–Kier alpha value is -1.76. The third-order valence-electron chi connectivity index (χ3n) is 14.3. The maximum Gasteiger partial charge on any atom is 0.231 e. The summed E-state index contributed by atoms with van der Waals surface area (Å²) >= 11 is 0. The predicted molar refractivity (Wildman–Crippen MR) is 163 cm³/mol. The Morgan fingerprint density at radius 1 is 0.929 bits per heavy atom. The second-order valence-corrected chi connectivity index (χ2v) is 16.7. The molecule has 1 aromatic rings. The van der Waals surface area contributed by atoms with E-state index in [1.165, 1.54) is 17.7 Å². The molecule has 0 aromatic heterocycles. The van der Waals surface area contributed by atoms with E-state index in [-0.39, 0.29) is 51.8 Å². The van der Waals surface area contributed by atoms with Gasteiger partial charge in [-0.3, -0.25) is 4.79 Å². The quantitative estimate of drug-likeness (QED) is 0.293. The lowest BCUT2D eigenvalue weighted by molar-refractivity contribution is -0.243. The van der Waals surface area contributed by atoms with E-state index in [0.717, 1.165) is 51.4 Å². The number of hydrogen-bond acceptors (Lipinski definition) is 4. The van der Waals surface area contributed by atoms with Gasteiger partial charge in [-0.05, 0) is 121 Å². The van der Waals surface area contributed by atoms with Crippen LogP contribution in [0.2, 0.25) is 0 Å². The van der Waals surface area contributed by atoms with Crippen LogP contribution in [0.1, 0.15) is 99.3 Å². The molecule has 42 heavy (non-hydrogen) atoms. The largest absolute Gasteiger partial charge is 0.396 e. The topological polar surface area (TPSA) is 89.8 Å². The Labute approximate surface area is 251 Å². The van der Waals surface area contributed by atoms with Gasteiger partial charge in [-0.25, -0.2) is 4.39 Å². The van der Waals surface area contributed by atoms with Crippen LogP contribution in [0.25, 0.3) is 0 Å². The molecule has 5 nitrogen and oxygen atoms in total. The highest BCUT2D eigenvalue weighted by molar-refractivity contribution is 5.96. The molecule has 5 aliphatic rings. The number of carbonyl (C=O) groups excluding carboxylic acids is 1.